The van der Waals surface area contributed by atoms with Crippen LogP contribution in [0.2, 0.25) is 12.6 Å². The van der Waals surface area contributed by atoms with E-state index in [0.717, 1.165) is 0 Å². The van der Waals surface area contributed by atoms with Gasteiger partial charge >= 0.3 is 0 Å². The summed E-state index contributed by atoms with van der Waals surface area (Å²) < 4.78 is 2.17. The molecular weight excluding hydrogens is 118 g/mol. The molecule has 8 heavy (non-hydrogen) atoms. The van der Waals surface area contributed by atoms with E-state index in [0.29, 0.717) is 0 Å². The third kappa shape index (κ3) is 1.10. The van der Waals surface area contributed by atoms with Crippen LogP contribution in [0.1, 0.15) is 6.42 Å². The summed E-state index contributed by atoms with van der Waals surface area (Å²) in [5.41, 5.74) is 0. The topological polar surface area (TPSA) is 12.5 Å². The normalized spacial score (nSPS) is 31.5. The van der Waals surface area contributed by atoms with Gasteiger partial charge in [-0.2, -0.15) is 0 Å². The van der Waals surface area contributed by atoms with Crippen molar-refractivity contribution in [2.75, 3.05) is 13.7 Å². The summed E-state index contributed by atoms with van der Waals surface area (Å²) in [6, 6.07) is 1.42. The van der Waals surface area contributed by atoms with Crippen LogP contribution in [0.4, 0.5) is 0 Å². The molecule has 0 bridgehead atoms. The van der Waals surface area contributed by atoms with Gasteiger partial charge in [0.25, 0.3) is 0 Å². The monoisotopic (exact) mass is 131 g/mol. The molecule has 0 spiro atoms. The van der Waals surface area contributed by atoms with Gasteiger partial charge < -0.3 is 4.84 Å². The third-order valence-electron chi connectivity index (χ3n) is 1.73. The lowest BCUT2D eigenvalue weighted by Gasteiger charge is -2.15. The Bertz CT molecular complexity index is 78.8. The molecule has 1 aliphatic heterocycles. The van der Waals surface area contributed by atoms with Crippen LogP contribution in [0.15, 0.2) is 0 Å². The zero-order valence-corrected chi connectivity index (χ0v) is 6.71. The van der Waals surface area contributed by atoms with E-state index in [1.807, 2.05) is 0 Å². The molecule has 1 heterocycles. The summed E-state index contributed by atoms with van der Waals surface area (Å²) in [5.74, 6) is 0. The standard InChI is InChI=1S/C5H13NOSi/c1-7-6-4-3-5-8(6)2/h8H,3-5H2,1-2H3. The van der Waals surface area contributed by atoms with Crippen molar-refractivity contribution in [1.29, 1.82) is 0 Å². The molecule has 1 fully saturated rings. The minimum atomic E-state index is -0.553. The van der Waals surface area contributed by atoms with E-state index in [4.69, 9.17) is 4.84 Å². The quantitative estimate of drug-likeness (QED) is 0.483. The summed E-state index contributed by atoms with van der Waals surface area (Å²) in [7, 11) is 1.22. The molecule has 2 nitrogen and oxygen atoms in total. The van der Waals surface area contributed by atoms with Crippen LogP contribution >= 0.6 is 0 Å². The fourth-order valence-corrected chi connectivity index (χ4v) is 3.22. The van der Waals surface area contributed by atoms with Gasteiger partial charge in [-0.25, -0.2) is 4.73 Å². The molecule has 0 aromatic carbocycles. The lowest BCUT2D eigenvalue weighted by atomic mass is 10.5. The zero-order chi connectivity index (χ0) is 5.98. The van der Waals surface area contributed by atoms with Gasteiger partial charge in [-0.3, -0.25) is 0 Å². The first-order chi connectivity index (χ1) is 3.84. The molecule has 0 N–H and O–H groups in total. The van der Waals surface area contributed by atoms with Crippen LogP contribution in [0.25, 0.3) is 0 Å². The minimum absolute atomic E-state index is 0.553. The van der Waals surface area contributed by atoms with Gasteiger partial charge in [-0.15, -0.1) is 0 Å². The smallest absolute Gasteiger partial charge is 0.142 e. The van der Waals surface area contributed by atoms with E-state index in [2.05, 4.69) is 11.3 Å². The first kappa shape index (κ1) is 6.26. The molecule has 0 aromatic heterocycles. The third-order valence-corrected chi connectivity index (χ3v) is 4.42. The van der Waals surface area contributed by atoms with E-state index < -0.39 is 8.96 Å². The fourth-order valence-electron chi connectivity index (χ4n) is 1.18. The highest BCUT2D eigenvalue weighted by molar-refractivity contribution is 6.54. The molecule has 0 aliphatic carbocycles. The average molecular weight is 131 g/mol. The van der Waals surface area contributed by atoms with Crippen LogP contribution in [0.3, 0.4) is 0 Å². The Labute approximate surface area is 52.1 Å². The molecule has 0 radical (unpaired) electrons. The van der Waals surface area contributed by atoms with Crippen LogP contribution in [-0.2, 0) is 4.84 Å². The maximum Gasteiger partial charge on any atom is 0.142 e. The first-order valence-electron chi connectivity index (χ1n) is 3.15. The van der Waals surface area contributed by atoms with E-state index in [1.165, 1.54) is 19.0 Å². The Hall–Kier alpha value is 0.137. The largest absolute Gasteiger partial charge is 0.310 e. The molecule has 0 saturated carbocycles. The summed E-state index contributed by atoms with van der Waals surface area (Å²) in [6.45, 7) is 3.50. The highest BCUT2D eigenvalue weighted by atomic mass is 28.3. The number of hydrogen-bond donors (Lipinski definition) is 0. The molecule has 0 aromatic rings. The Kier molecular flexibility index (Phi) is 2.05. The minimum Gasteiger partial charge on any atom is -0.310 e. The molecule has 1 aliphatic rings. The van der Waals surface area contributed by atoms with Crippen molar-refractivity contribution < 1.29 is 4.84 Å². The predicted molar refractivity (Wildman–Crippen MR) is 36.2 cm³/mol. The van der Waals surface area contributed by atoms with Gasteiger partial charge in [0.05, 0.1) is 7.11 Å². The first-order valence-corrected chi connectivity index (χ1v) is 5.64. The number of nitrogens with zero attached hydrogens (tertiary/aromatic N) is 1. The van der Waals surface area contributed by atoms with E-state index >= 15 is 0 Å². The second-order valence-corrected chi connectivity index (χ2v) is 5.17. The van der Waals surface area contributed by atoms with Crippen molar-refractivity contribution in [3.63, 3.8) is 0 Å². The lowest BCUT2D eigenvalue weighted by molar-refractivity contribution is -0.0476. The Morgan fingerprint density at radius 1 is 1.62 bits per heavy atom. The second-order valence-electron chi connectivity index (χ2n) is 2.31. The fraction of sp³-hybridized carbons (Fsp3) is 1.00. The lowest BCUT2D eigenvalue weighted by Crippen LogP contribution is -2.29. The molecule has 1 saturated heterocycles. The van der Waals surface area contributed by atoms with E-state index in [1.54, 1.807) is 7.11 Å². The van der Waals surface area contributed by atoms with E-state index in [9.17, 15) is 0 Å². The second kappa shape index (κ2) is 2.62. The predicted octanol–water partition coefficient (Wildman–Crippen LogP) is 0.607. The SMILES string of the molecule is CON1CCC[SiH]1C. The Balaban J connectivity index is 2.30. The molecule has 0 amide bonds. The molecule has 3 heteroatoms. The Morgan fingerprint density at radius 3 is 2.62 bits per heavy atom. The van der Waals surface area contributed by atoms with Gasteiger partial charge in [0, 0.05) is 6.54 Å². The number of hydrogen-bond acceptors (Lipinski definition) is 2. The van der Waals surface area contributed by atoms with Gasteiger partial charge in [0.1, 0.15) is 8.96 Å². The summed E-state index contributed by atoms with van der Waals surface area (Å²) >= 11 is 0. The van der Waals surface area contributed by atoms with Gasteiger partial charge in [0.15, 0.2) is 0 Å². The van der Waals surface area contributed by atoms with Crippen LogP contribution in [-0.4, -0.2) is 27.3 Å². The van der Waals surface area contributed by atoms with Crippen LogP contribution in [0, 0.1) is 0 Å². The average Bonchev–Trinajstić information content (AvgIpc) is 2.14. The van der Waals surface area contributed by atoms with Crippen molar-refractivity contribution >= 4 is 8.96 Å². The van der Waals surface area contributed by atoms with Crippen LogP contribution in [0.5, 0.6) is 0 Å². The zero-order valence-electron chi connectivity index (χ0n) is 5.55. The maximum atomic E-state index is 5.12. The summed E-state index contributed by atoms with van der Waals surface area (Å²) in [5, 5.41) is 0. The van der Waals surface area contributed by atoms with Gasteiger partial charge in [0.2, 0.25) is 0 Å². The van der Waals surface area contributed by atoms with E-state index in [-0.39, 0.29) is 0 Å². The molecule has 1 atom stereocenters. The van der Waals surface area contributed by atoms with Gasteiger partial charge in [-0.05, 0) is 12.5 Å². The van der Waals surface area contributed by atoms with Crippen molar-refractivity contribution in [1.82, 2.24) is 4.73 Å². The highest BCUT2D eigenvalue weighted by Gasteiger charge is 2.20. The molecule has 1 unspecified atom stereocenters. The molecular formula is C5H13NOSi. The van der Waals surface area contributed by atoms with Crippen molar-refractivity contribution in [2.45, 2.75) is 19.0 Å². The number of rotatable bonds is 1. The summed E-state index contributed by atoms with van der Waals surface area (Å²) in [4.78, 5) is 5.12. The maximum absolute atomic E-state index is 5.12. The van der Waals surface area contributed by atoms with Gasteiger partial charge in [-0.1, -0.05) is 6.55 Å². The van der Waals surface area contributed by atoms with Crippen molar-refractivity contribution in [2.24, 2.45) is 0 Å². The van der Waals surface area contributed by atoms with Crippen LogP contribution < -0.4 is 0 Å². The van der Waals surface area contributed by atoms with Crippen molar-refractivity contribution in [3.05, 3.63) is 0 Å². The molecule has 48 valence electrons. The molecule has 1 rings (SSSR count). The van der Waals surface area contributed by atoms with Crippen molar-refractivity contribution in [3.8, 4) is 0 Å². The highest BCUT2D eigenvalue weighted by Crippen LogP contribution is 2.12. The summed E-state index contributed by atoms with van der Waals surface area (Å²) in [6.07, 6.45) is 1.35. The Morgan fingerprint density at radius 2 is 2.38 bits per heavy atom. The number of hydroxylamine groups is 1.